The van der Waals surface area contributed by atoms with E-state index in [0.717, 1.165) is 21.7 Å². The van der Waals surface area contributed by atoms with E-state index in [1.165, 1.54) is 32.3 Å². The van der Waals surface area contributed by atoms with Crippen molar-refractivity contribution in [2.24, 2.45) is 0 Å². The van der Waals surface area contributed by atoms with Crippen LogP contribution < -0.4 is 52.3 Å². The van der Waals surface area contributed by atoms with Gasteiger partial charge in [-0.25, -0.2) is 0 Å². The van der Waals surface area contributed by atoms with Crippen molar-refractivity contribution in [3.05, 3.63) is 168 Å². The molecule has 4 nitrogen and oxygen atoms in total. The smallest absolute Gasteiger partial charge is 0.872 e. The van der Waals surface area contributed by atoms with E-state index in [1.54, 1.807) is 27.7 Å². The second kappa shape index (κ2) is 25.0. The van der Waals surface area contributed by atoms with E-state index in [9.17, 15) is 20.4 Å². The Bertz CT molecular complexity index is 2050. The summed E-state index contributed by atoms with van der Waals surface area (Å²) < 4.78 is 0. The molecule has 0 atom stereocenters. The Kier molecular flexibility index (Phi) is 22.1. The fourth-order valence-corrected chi connectivity index (χ4v) is 11.5. The molecule has 0 aromatic heterocycles. The first-order chi connectivity index (χ1) is 29.6. The van der Waals surface area contributed by atoms with Gasteiger partial charge in [0.15, 0.2) is 0 Å². The minimum absolute atomic E-state index is 0. The summed E-state index contributed by atoms with van der Waals surface area (Å²) in [6.07, 6.45) is -0.833. The summed E-state index contributed by atoms with van der Waals surface area (Å²) in [5.74, 6) is 0.388. The van der Waals surface area contributed by atoms with Gasteiger partial charge in [-0.15, -0.1) is 12.2 Å². The van der Waals surface area contributed by atoms with Crippen LogP contribution in [0.3, 0.4) is 0 Å². The quantitative estimate of drug-likeness (QED) is 0.123. The summed E-state index contributed by atoms with van der Waals surface area (Å²) >= 11 is 0. The fraction of sp³-hybridized carbons (Fsp3) is 0.379. The largest absolute Gasteiger partial charge is 4.00 e. The molecule has 0 unspecified atom stereocenters. The van der Waals surface area contributed by atoms with E-state index >= 15 is 0 Å². The first-order valence-corrected chi connectivity index (χ1v) is 25.2. The van der Waals surface area contributed by atoms with Gasteiger partial charge in [0, 0.05) is 0 Å². The molecular weight excluding hydrogens is 870 g/mol. The molecule has 6 rings (SSSR count). The van der Waals surface area contributed by atoms with Gasteiger partial charge in [-0.1, -0.05) is 268 Å². The first-order valence-electron chi connectivity index (χ1n) is 22.5. The molecule has 0 N–H and O–H groups in total. The van der Waals surface area contributed by atoms with Crippen molar-refractivity contribution in [2.45, 2.75) is 145 Å². The first kappa shape index (κ1) is 57.5. The zero-order chi connectivity index (χ0) is 48.2. The minimum Gasteiger partial charge on any atom is -0.872 e. The predicted octanol–water partition coefficient (Wildman–Crippen LogP) is 9.73. The molecule has 0 saturated carbocycles. The molecule has 0 heterocycles. The van der Waals surface area contributed by atoms with E-state index < -0.39 is 28.1 Å². The SMILES string of the molecule is CC(C)(C)c1cc(P(c2ccccc2)c2ccccc2)c([O-])c(C(C)(C)C)c1.CC(C)(C)c1cc(P(c2ccccc2)c2ccccc2)c([O-])c(C(C)(C)C)c1.CC(C)[O-].CC(C)[O-].[Ti+4]. The van der Waals surface area contributed by atoms with Crippen molar-refractivity contribution >= 4 is 47.7 Å². The zero-order valence-electron chi connectivity index (χ0n) is 42.0. The Morgan fingerprint density at radius 3 is 0.723 bits per heavy atom. The van der Waals surface area contributed by atoms with Crippen molar-refractivity contribution in [2.75, 3.05) is 0 Å². The Morgan fingerprint density at radius 1 is 0.354 bits per heavy atom. The second-order valence-corrected chi connectivity index (χ2v) is 25.2. The second-order valence-electron chi connectivity index (χ2n) is 20.9. The van der Waals surface area contributed by atoms with E-state index in [1.807, 2.05) is 24.3 Å². The maximum Gasteiger partial charge on any atom is 4.00 e. The van der Waals surface area contributed by atoms with Crippen molar-refractivity contribution < 1.29 is 42.1 Å². The van der Waals surface area contributed by atoms with Crippen LogP contribution in [0.1, 0.15) is 133 Å². The van der Waals surface area contributed by atoms with Gasteiger partial charge in [0.2, 0.25) is 0 Å². The van der Waals surface area contributed by atoms with Crippen LogP contribution in [0.4, 0.5) is 0 Å². The van der Waals surface area contributed by atoms with Crippen molar-refractivity contribution in [3.63, 3.8) is 0 Å². The van der Waals surface area contributed by atoms with Gasteiger partial charge in [-0.05, 0) is 91.6 Å². The molecule has 0 aliphatic rings. The van der Waals surface area contributed by atoms with Gasteiger partial charge in [0.05, 0.1) is 0 Å². The third-order valence-electron chi connectivity index (χ3n) is 10.0. The van der Waals surface area contributed by atoms with Gasteiger partial charge in [-0.3, -0.25) is 0 Å². The van der Waals surface area contributed by atoms with Crippen LogP contribution in [0.25, 0.3) is 0 Å². The normalized spacial score (nSPS) is 11.8. The van der Waals surface area contributed by atoms with Crippen LogP contribution in [-0.4, -0.2) is 12.2 Å². The number of benzene rings is 6. The van der Waals surface area contributed by atoms with Crippen LogP contribution in [0, 0.1) is 0 Å². The van der Waals surface area contributed by atoms with Crippen molar-refractivity contribution in [1.82, 2.24) is 0 Å². The number of hydrogen-bond acceptors (Lipinski definition) is 4. The average Bonchev–Trinajstić information content (AvgIpc) is 3.19. The Balaban J connectivity index is 0.000000378. The average molecular weight is 945 g/mol. The monoisotopic (exact) mass is 944 g/mol. The molecule has 7 heteroatoms. The van der Waals surface area contributed by atoms with Crippen LogP contribution in [0.2, 0.25) is 0 Å². The Labute approximate surface area is 411 Å². The van der Waals surface area contributed by atoms with Crippen LogP contribution in [0.15, 0.2) is 146 Å². The minimum atomic E-state index is -0.906. The Morgan fingerprint density at radius 2 is 0.554 bits per heavy atom. The molecule has 6 aromatic rings. The molecule has 65 heavy (non-hydrogen) atoms. The third kappa shape index (κ3) is 17.5. The summed E-state index contributed by atoms with van der Waals surface area (Å²) in [7, 11) is -1.81. The van der Waals surface area contributed by atoms with Crippen LogP contribution >= 0.6 is 15.8 Å². The van der Waals surface area contributed by atoms with Crippen LogP contribution in [-0.2, 0) is 43.4 Å². The maximum absolute atomic E-state index is 13.7. The van der Waals surface area contributed by atoms with Gasteiger partial charge in [-0.2, -0.15) is 0 Å². The molecule has 0 bridgehead atoms. The molecule has 6 aromatic carbocycles. The number of rotatable bonds is 6. The van der Waals surface area contributed by atoms with Gasteiger partial charge in [0.25, 0.3) is 0 Å². The molecule has 344 valence electrons. The molecule has 0 aliphatic carbocycles. The summed E-state index contributed by atoms with van der Waals surface area (Å²) in [6, 6.07) is 50.5. The van der Waals surface area contributed by atoms with E-state index in [2.05, 4.69) is 204 Å². The summed E-state index contributed by atoms with van der Waals surface area (Å²) in [5, 5.41) is 53.2. The van der Waals surface area contributed by atoms with Crippen LogP contribution in [0.5, 0.6) is 11.5 Å². The molecule has 0 radical (unpaired) electrons. The molecule has 0 saturated heterocycles. The zero-order valence-corrected chi connectivity index (χ0v) is 45.4. The van der Waals surface area contributed by atoms with E-state index in [0.29, 0.717) is 0 Å². The van der Waals surface area contributed by atoms with E-state index in [4.69, 9.17) is 0 Å². The fourth-order valence-electron chi connectivity index (χ4n) is 6.70. The van der Waals surface area contributed by atoms with Crippen molar-refractivity contribution in [1.29, 1.82) is 0 Å². The molecule has 0 amide bonds. The third-order valence-corrected chi connectivity index (χ3v) is 14.9. The number of hydrogen-bond donors (Lipinski definition) is 0. The topological polar surface area (TPSA) is 92.2 Å². The van der Waals surface area contributed by atoms with Gasteiger partial charge >= 0.3 is 21.7 Å². The maximum atomic E-state index is 13.7. The standard InChI is InChI=1S/2C26H31OP.2C3H7O.Ti/c2*1-25(2,3)19-17-22(26(4,5)6)24(27)23(18-19)28(20-13-9-7-10-14-20)21-15-11-8-12-16-21;2*1-3(2)4;/h2*7-18,27H,1-6H3;2*3H,1-2H3;/q;;2*-1;+4/p-2. The van der Waals surface area contributed by atoms with Gasteiger partial charge in [0.1, 0.15) is 0 Å². The molecule has 0 fully saturated rings. The molecular formula is C58H74O4P2Ti. The predicted molar refractivity (Wildman–Crippen MR) is 274 cm³/mol. The molecule has 0 aliphatic heterocycles. The molecule has 0 spiro atoms. The van der Waals surface area contributed by atoms with Gasteiger partial charge < -0.3 is 20.4 Å². The summed E-state index contributed by atoms with van der Waals surface area (Å²) in [5.41, 5.74) is 3.86. The summed E-state index contributed by atoms with van der Waals surface area (Å²) in [4.78, 5) is 0. The van der Waals surface area contributed by atoms with Crippen molar-refractivity contribution in [3.8, 4) is 11.5 Å². The Hall–Kier alpha value is -3.59. The van der Waals surface area contributed by atoms with E-state index in [-0.39, 0.29) is 54.9 Å². The summed E-state index contributed by atoms with van der Waals surface area (Å²) in [6.45, 7) is 32.5.